The Hall–Kier alpha value is -2.41. The Morgan fingerprint density at radius 3 is 2.38 bits per heavy atom. The number of carbonyl (C=O) groups excluding carboxylic acids is 1. The quantitative estimate of drug-likeness (QED) is 0.882. The highest BCUT2D eigenvalue weighted by atomic mass is 19.4. The molecule has 1 atom stereocenters. The molecule has 1 aromatic heterocycles. The lowest BCUT2D eigenvalue weighted by atomic mass is 10.1. The number of carbonyl (C=O) groups is 1. The first-order chi connectivity index (χ1) is 12.4. The lowest BCUT2D eigenvalue weighted by Crippen LogP contribution is -2.36. The van der Waals surface area contributed by atoms with Gasteiger partial charge in [-0.15, -0.1) is 0 Å². The van der Waals surface area contributed by atoms with E-state index in [0.717, 1.165) is 49.8 Å². The molecule has 1 unspecified atom stereocenters. The summed E-state index contributed by atoms with van der Waals surface area (Å²) in [7, 11) is 0. The molecule has 2 aromatic rings. The van der Waals surface area contributed by atoms with E-state index in [-0.39, 0.29) is 11.6 Å². The van der Waals surface area contributed by atoms with Gasteiger partial charge in [0.15, 0.2) is 0 Å². The van der Waals surface area contributed by atoms with E-state index in [0.29, 0.717) is 6.54 Å². The van der Waals surface area contributed by atoms with E-state index in [4.69, 9.17) is 0 Å². The summed E-state index contributed by atoms with van der Waals surface area (Å²) < 4.78 is 37.7. The Balaban J connectivity index is 1.67. The normalized spacial score (nSPS) is 16.4. The average molecular weight is 363 g/mol. The predicted molar refractivity (Wildman–Crippen MR) is 91.6 cm³/mol. The molecule has 1 fully saturated rings. The van der Waals surface area contributed by atoms with Crippen LogP contribution in [0.15, 0.2) is 48.7 Å². The van der Waals surface area contributed by atoms with Crippen molar-refractivity contribution >= 4 is 5.91 Å². The van der Waals surface area contributed by atoms with E-state index in [1.54, 1.807) is 0 Å². The second kappa shape index (κ2) is 7.86. The van der Waals surface area contributed by atoms with Gasteiger partial charge < -0.3 is 5.32 Å². The van der Waals surface area contributed by atoms with Crippen molar-refractivity contribution in [1.82, 2.24) is 15.2 Å². The van der Waals surface area contributed by atoms with Crippen LogP contribution in [0.2, 0.25) is 0 Å². The van der Waals surface area contributed by atoms with Crippen LogP contribution in [0.5, 0.6) is 0 Å². The molecule has 0 bridgehead atoms. The number of nitrogens with one attached hydrogen (secondary N) is 1. The predicted octanol–water partition coefficient (Wildman–Crippen LogP) is 3.67. The van der Waals surface area contributed by atoms with Gasteiger partial charge in [-0.1, -0.05) is 30.3 Å². The minimum atomic E-state index is -4.51. The van der Waals surface area contributed by atoms with Crippen LogP contribution in [-0.4, -0.2) is 35.4 Å². The Morgan fingerprint density at radius 1 is 1.12 bits per heavy atom. The van der Waals surface area contributed by atoms with E-state index in [1.165, 1.54) is 0 Å². The summed E-state index contributed by atoms with van der Waals surface area (Å²) in [5.41, 5.74) is 0.222. The fraction of sp³-hybridized carbons (Fsp3) is 0.368. The highest BCUT2D eigenvalue weighted by Gasteiger charge is 2.32. The van der Waals surface area contributed by atoms with E-state index in [9.17, 15) is 18.0 Å². The summed E-state index contributed by atoms with van der Waals surface area (Å²) >= 11 is 0. The first-order valence-corrected chi connectivity index (χ1v) is 8.55. The smallest absolute Gasteiger partial charge is 0.350 e. The van der Waals surface area contributed by atoms with E-state index >= 15 is 0 Å². The molecule has 0 saturated carbocycles. The maximum absolute atomic E-state index is 12.6. The topological polar surface area (TPSA) is 45.2 Å². The number of hydrogen-bond acceptors (Lipinski definition) is 3. The highest BCUT2D eigenvalue weighted by molar-refractivity contribution is 5.93. The molecule has 7 heteroatoms. The third kappa shape index (κ3) is 4.40. The van der Waals surface area contributed by atoms with Gasteiger partial charge in [-0.25, -0.2) is 0 Å². The summed E-state index contributed by atoms with van der Waals surface area (Å²) in [6, 6.07) is 11.9. The molecule has 1 aliphatic heterocycles. The number of benzene rings is 1. The molecule has 26 heavy (non-hydrogen) atoms. The molecule has 1 aliphatic rings. The number of aromatic nitrogens is 1. The van der Waals surface area contributed by atoms with Crippen LogP contribution in [-0.2, 0) is 6.18 Å². The molecule has 0 aliphatic carbocycles. The molecule has 3 rings (SSSR count). The third-order valence-electron chi connectivity index (χ3n) is 4.54. The summed E-state index contributed by atoms with van der Waals surface area (Å²) in [5.74, 6) is -0.425. The molecule has 0 radical (unpaired) electrons. The molecule has 0 spiro atoms. The van der Waals surface area contributed by atoms with Crippen LogP contribution in [0.4, 0.5) is 13.2 Å². The van der Waals surface area contributed by atoms with Crippen molar-refractivity contribution in [3.05, 3.63) is 65.5 Å². The van der Waals surface area contributed by atoms with Crippen molar-refractivity contribution in [1.29, 1.82) is 0 Å². The summed E-state index contributed by atoms with van der Waals surface area (Å²) in [6.45, 7) is 2.33. The number of hydrogen-bond donors (Lipinski definition) is 1. The van der Waals surface area contributed by atoms with Crippen molar-refractivity contribution in [3.63, 3.8) is 0 Å². The zero-order chi connectivity index (χ0) is 18.6. The minimum absolute atomic E-state index is 0.0463. The van der Waals surface area contributed by atoms with Crippen molar-refractivity contribution in [2.75, 3.05) is 19.6 Å². The second-order valence-electron chi connectivity index (χ2n) is 6.31. The summed E-state index contributed by atoms with van der Waals surface area (Å²) in [6.07, 6.45) is -1.30. The molecular weight excluding hydrogens is 343 g/mol. The van der Waals surface area contributed by atoms with Gasteiger partial charge in [-0.2, -0.15) is 13.2 Å². The largest absolute Gasteiger partial charge is 0.433 e. The van der Waals surface area contributed by atoms with Gasteiger partial charge in [0.25, 0.3) is 5.91 Å². The van der Waals surface area contributed by atoms with Crippen LogP contribution < -0.4 is 5.32 Å². The van der Waals surface area contributed by atoms with Crippen molar-refractivity contribution in [2.45, 2.75) is 25.1 Å². The average Bonchev–Trinajstić information content (AvgIpc) is 3.16. The van der Waals surface area contributed by atoms with Crippen LogP contribution in [0.3, 0.4) is 0 Å². The number of pyridine rings is 1. The fourth-order valence-electron chi connectivity index (χ4n) is 3.17. The lowest BCUT2D eigenvalue weighted by Gasteiger charge is -2.28. The molecule has 4 nitrogen and oxygen atoms in total. The van der Waals surface area contributed by atoms with Crippen molar-refractivity contribution in [3.8, 4) is 0 Å². The standard InChI is InChI=1S/C19H20F3N3O/c20-19(21,22)17-9-8-15(12-23-17)18(26)24-13-16(25-10-4-5-11-25)14-6-2-1-3-7-14/h1-3,6-9,12,16H,4-5,10-11,13H2,(H,24,26). The van der Waals surface area contributed by atoms with Gasteiger partial charge >= 0.3 is 6.18 Å². The number of rotatable bonds is 5. The second-order valence-corrected chi connectivity index (χ2v) is 6.31. The first kappa shape index (κ1) is 18.4. The van der Waals surface area contributed by atoms with Gasteiger partial charge in [0, 0.05) is 12.7 Å². The SMILES string of the molecule is O=C(NCC(c1ccccc1)N1CCCC1)c1ccc(C(F)(F)F)nc1. The Labute approximate surface area is 150 Å². The molecule has 2 heterocycles. The molecule has 138 valence electrons. The van der Waals surface area contributed by atoms with Crippen molar-refractivity contribution < 1.29 is 18.0 Å². The van der Waals surface area contributed by atoms with Crippen molar-refractivity contribution in [2.24, 2.45) is 0 Å². The van der Waals surface area contributed by atoms with Gasteiger partial charge in [0.2, 0.25) is 0 Å². The molecule has 1 aromatic carbocycles. The van der Waals surface area contributed by atoms with Crippen LogP contribution in [0.1, 0.15) is 40.5 Å². The molecular formula is C19H20F3N3O. The van der Waals surface area contributed by atoms with E-state index in [2.05, 4.69) is 15.2 Å². The lowest BCUT2D eigenvalue weighted by molar-refractivity contribution is -0.141. The number of amides is 1. The zero-order valence-electron chi connectivity index (χ0n) is 14.2. The third-order valence-corrected chi connectivity index (χ3v) is 4.54. The Bertz CT molecular complexity index is 726. The maximum Gasteiger partial charge on any atom is 0.433 e. The summed E-state index contributed by atoms with van der Waals surface area (Å²) in [5, 5.41) is 2.83. The number of halogens is 3. The minimum Gasteiger partial charge on any atom is -0.350 e. The number of alkyl halides is 3. The number of nitrogens with zero attached hydrogens (tertiary/aromatic N) is 2. The van der Waals surface area contributed by atoms with E-state index < -0.39 is 17.8 Å². The Morgan fingerprint density at radius 2 is 1.81 bits per heavy atom. The van der Waals surface area contributed by atoms with Crippen LogP contribution >= 0.6 is 0 Å². The van der Waals surface area contributed by atoms with Crippen LogP contribution in [0.25, 0.3) is 0 Å². The monoisotopic (exact) mass is 363 g/mol. The number of likely N-dealkylation sites (tertiary alicyclic amines) is 1. The maximum atomic E-state index is 12.6. The summed E-state index contributed by atoms with van der Waals surface area (Å²) in [4.78, 5) is 18.0. The zero-order valence-corrected chi connectivity index (χ0v) is 14.2. The van der Waals surface area contributed by atoms with E-state index in [1.807, 2.05) is 30.3 Å². The molecule has 1 saturated heterocycles. The highest BCUT2D eigenvalue weighted by Crippen LogP contribution is 2.27. The van der Waals surface area contributed by atoms with Gasteiger partial charge in [0.05, 0.1) is 11.6 Å². The first-order valence-electron chi connectivity index (χ1n) is 8.55. The van der Waals surface area contributed by atoms with Gasteiger partial charge in [0.1, 0.15) is 5.69 Å². The Kier molecular flexibility index (Phi) is 5.56. The fourth-order valence-corrected chi connectivity index (χ4v) is 3.17. The van der Waals surface area contributed by atoms with Crippen LogP contribution in [0, 0.1) is 0 Å². The molecule has 1 N–H and O–H groups in total. The van der Waals surface area contributed by atoms with Gasteiger partial charge in [-0.3, -0.25) is 14.7 Å². The van der Waals surface area contributed by atoms with Gasteiger partial charge in [-0.05, 0) is 43.6 Å². The molecule has 1 amide bonds.